The largest absolute Gasteiger partial charge is 0.481 e. The molecular weight excluding hydrogens is 372 g/mol. The van der Waals surface area contributed by atoms with Crippen molar-refractivity contribution in [3.63, 3.8) is 0 Å². The molecule has 0 unspecified atom stereocenters. The summed E-state index contributed by atoms with van der Waals surface area (Å²) in [6.45, 7) is -0.229. The van der Waals surface area contributed by atoms with Gasteiger partial charge in [0.05, 0.1) is 21.2 Å². The monoisotopic (exact) mass is 385 g/mol. The summed E-state index contributed by atoms with van der Waals surface area (Å²) in [5, 5.41) is 16.8. The Morgan fingerprint density at radius 2 is 2.16 bits per heavy atom. The smallest absolute Gasteiger partial charge is 0.305 e. The van der Waals surface area contributed by atoms with Crippen LogP contribution in [0.1, 0.15) is 6.42 Å². The molecule has 2 heterocycles. The molecule has 5 nitrogen and oxygen atoms in total. The summed E-state index contributed by atoms with van der Waals surface area (Å²) in [7, 11) is 0. The Balaban J connectivity index is 2.01. The van der Waals surface area contributed by atoms with E-state index in [4.69, 9.17) is 16.7 Å². The van der Waals surface area contributed by atoms with E-state index in [2.05, 4.69) is 10.4 Å². The number of alkyl halides is 2. The number of benzene rings is 1. The number of aliphatic carboxylic acids is 1. The van der Waals surface area contributed by atoms with Crippen molar-refractivity contribution in [2.75, 3.05) is 11.9 Å². The molecule has 0 aliphatic heterocycles. The number of thiophene rings is 1. The second-order valence-corrected chi connectivity index (χ2v) is 7.04. The minimum Gasteiger partial charge on any atom is -0.481 e. The zero-order valence-corrected chi connectivity index (χ0v) is 14.4. The highest BCUT2D eigenvalue weighted by Crippen LogP contribution is 2.36. The Kier molecular flexibility index (Phi) is 5.19. The van der Waals surface area contributed by atoms with Crippen LogP contribution in [0.4, 0.5) is 14.5 Å². The number of hydrogen-bond acceptors (Lipinski definition) is 4. The van der Waals surface area contributed by atoms with Gasteiger partial charge < -0.3 is 10.4 Å². The zero-order valence-electron chi connectivity index (χ0n) is 12.9. The van der Waals surface area contributed by atoms with Gasteiger partial charge in [0.1, 0.15) is 12.2 Å². The molecule has 0 amide bonds. The van der Waals surface area contributed by atoms with Crippen molar-refractivity contribution < 1.29 is 18.7 Å². The van der Waals surface area contributed by atoms with Crippen LogP contribution in [0.3, 0.4) is 0 Å². The molecule has 0 saturated heterocycles. The number of carboxylic acid groups (broad SMARTS) is 1. The first-order chi connectivity index (χ1) is 11.9. The van der Waals surface area contributed by atoms with Crippen molar-refractivity contribution in [3.05, 3.63) is 34.7 Å². The van der Waals surface area contributed by atoms with Crippen LogP contribution in [0.5, 0.6) is 0 Å². The fraction of sp³-hybridized carbons (Fsp3) is 0.250. The summed E-state index contributed by atoms with van der Waals surface area (Å²) in [5.74, 6) is -0.896. The Morgan fingerprint density at radius 3 is 2.80 bits per heavy atom. The number of hydrogen-bond donors (Lipinski definition) is 2. The molecule has 0 spiro atoms. The first-order valence-electron chi connectivity index (χ1n) is 7.44. The van der Waals surface area contributed by atoms with Crippen molar-refractivity contribution in [2.24, 2.45) is 0 Å². The van der Waals surface area contributed by atoms with Crippen molar-refractivity contribution in [2.45, 2.75) is 19.4 Å². The molecule has 132 valence electrons. The van der Waals surface area contributed by atoms with Crippen molar-refractivity contribution >= 4 is 45.5 Å². The first-order valence-corrected chi connectivity index (χ1v) is 8.63. The van der Waals surface area contributed by atoms with Gasteiger partial charge in [-0.25, -0.2) is 8.78 Å². The van der Waals surface area contributed by atoms with Gasteiger partial charge in [-0.3, -0.25) is 9.48 Å². The fourth-order valence-electron chi connectivity index (χ4n) is 2.50. The Hall–Kier alpha value is -2.19. The number of anilines is 1. The Morgan fingerprint density at radius 1 is 1.36 bits per heavy atom. The maximum absolute atomic E-state index is 12.8. The predicted octanol–water partition coefficient (Wildman–Crippen LogP) is 4.57. The normalized spacial score (nSPS) is 11.4. The average molecular weight is 386 g/mol. The summed E-state index contributed by atoms with van der Waals surface area (Å²) < 4.78 is 27.5. The van der Waals surface area contributed by atoms with Crippen molar-refractivity contribution in [1.29, 1.82) is 0 Å². The maximum atomic E-state index is 12.8. The van der Waals surface area contributed by atoms with Crippen LogP contribution >= 0.6 is 22.9 Å². The van der Waals surface area contributed by atoms with Gasteiger partial charge in [0.25, 0.3) is 6.43 Å². The topological polar surface area (TPSA) is 67.2 Å². The molecule has 0 aliphatic rings. The third-order valence-electron chi connectivity index (χ3n) is 3.54. The first kappa shape index (κ1) is 17.6. The van der Waals surface area contributed by atoms with Crippen LogP contribution in [-0.4, -0.2) is 33.8 Å². The lowest BCUT2D eigenvalue weighted by molar-refractivity contribution is -0.136. The number of fused-ring (bicyclic) bond motifs is 1. The summed E-state index contributed by atoms with van der Waals surface area (Å²) >= 11 is 7.30. The van der Waals surface area contributed by atoms with Gasteiger partial charge in [-0.05, 0) is 30.3 Å². The highest BCUT2D eigenvalue weighted by atomic mass is 35.5. The van der Waals surface area contributed by atoms with E-state index < -0.39 is 18.9 Å². The molecule has 2 N–H and O–H groups in total. The van der Waals surface area contributed by atoms with Crippen LogP contribution in [0.25, 0.3) is 21.5 Å². The molecule has 25 heavy (non-hydrogen) atoms. The quantitative estimate of drug-likeness (QED) is 0.625. The molecule has 3 aromatic rings. The number of nitrogens with zero attached hydrogens (tertiary/aromatic N) is 2. The molecule has 2 aromatic heterocycles. The van der Waals surface area contributed by atoms with Gasteiger partial charge in [0.15, 0.2) is 0 Å². The van der Waals surface area contributed by atoms with E-state index in [-0.39, 0.29) is 13.0 Å². The summed E-state index contributed by atoms with van der Waals surface area (Å²) in [6, 6.07) is 8.74. The number of carbonyl (C=O) groups is 1. The Bertz CT molecular complexity index is 910. The molecule has 0 radical (unpaired) electrons. The van der Waals surface area contributed by atoms with Crippen LogP contribution in [-0.2, 0) is 11.3 Å². The average Bonchev–Trinajstić information content (AvgIpc) is 3.10. The zero-order chi connectivity index (χ0) is 18.0. The van der Waals surface area contributed by atoms with E-state index in [0.29, 0.717) is 26.6 Å². The van der Waals surface area contributed by atoms with Crippen LogP contribution in [0, 0.1) is 0 Å². The second kappa shape index (κ2) is 7.37. The lowest BCUT2D eigenvalue weighted by Crippen LogP contribution is -2.08. The van der Waals surface area contributed by atoms with Gasteiger partial charge >= 0.3 is 5.97 Å². The highest BCUT2D eigenvalue weighted by molar-refractivity contribution is 7.19. The lowest BCUT2D eigenvalue weighted by atomic mass is 10.1. The fourth-order valence-corrected chi connectivity index (χ4v) is 3.54. The van der Waals surface area contributed by atoms with E-state index in [9.17, 15) is 13.6 Å². The summed E-state index contributed by atoms with van der Waals surface area (Å²) in [6.07, 6.45) is -2.54. The van der Waals surface area contributed by atoms with Gasteiger partial charge in [0.2, 0.25) is 0 Å². The number of aromatic nitrogens is 2. The van der Waals surface area contributed by atoms with Gasteiger partial charge in [-0.1, -0.05) is 11.6 Å². The standard InChI is InChI=1S/C16H14ClF2N3O2S/c17-13-4-3-12(25-13)16-10-7-9(20-6-5-15(23)24)1-2-11(10)22(21-16)8-14(18)19/h1-4,7,14,20H,5-6,8H2,(H,23,24). The SMILES string of the molecule is O=C(O)CCNc1ccc2c(c1)c(-c1ccc(Cl)s1)nn2CC(F)F. The van der Waals surface area contributed by atoms with E-state index in [1.807, 2.05) is 0 Å². The van der Waals surface area contributed by atoms with Crippen LogP contribution in [0.2, 0.25) is 4.34 Å². The molecule has 0 bridgehead atoms. The molecular formula is C16H14ClF2N3O2S. The third-order valence-corrected chi connectivity index (χ3v) is 4.77. The predicted molar refractivity (Wildman–Crippen MR) is 94.8 cm³/mol. The summed E-state index contributed by atoms with van der Waals surface area (Å²) in [4.78, 5) is 11.4. The minimum absolute atomic E-state index is 0.0178. The van der Waals surface area contributed by atoms with Gasteiger partial charge in [-0.15, -0.1) is 11.3 Å². The maximum Gasteiger partial charge on any atom is 0.305 e. The van der Waals surface area contributed by atoms with Crippen LogP contribution in [0.15, 0.2) is 30.3 Å². The van der Waals surface area contributed by atoms with Crippen LogP contribution < -0.4 is 5.32 Å². The number of rotatable bonds is 7. The van der Waals surface area contributed by atoms with Gasteiger partial charge in [-0.2, -0.15) is 5.10 Å². The Labute approximate surface area is 150 Å². The molecule has 0 saturated carbocycles. The summed E-state index contributed by atoms with van der Waals surface area (Å²) in [5.41, 5.74) is 1.87. The van der Waals surface area contributed by atoms with E-state index in [1.165, 1.54) is 16.0 Å². The molecule has 1 aromatic carbocycles. The van der Waals surface area contributed by atoms with E-state index >= 15 is 0 Å². The van der Waals surface area contributed by atoms with Crippen molar-refractivity contribution in [3.8, 4) is 10.6 Å². The van der Waals surface area contributed by atoms with E-state index in [1.54, 1.807) is 30.3 Å². The minimum atomic E-state index is -2.52. The second-order valence-electron chi connectivity index (χ2n) is 5.33. The van der Waals surface area contributed by atoms with Crippen molar-refractivity contribution in [1.82, 2.24) is 9.78 Å². The molecule has 0 aliphatic carbocycles. The molecule has 0 fully saturated rings. The number of nitrogens with one attached hydrogen (secondary N) is 1. The van der Waals surface area contributed by atoms with Gasteiger partial charge in [0, 0.05) is 17.6 Å². The van der Waals surface area contributed by atoms with E-state index in [0.717, 1.165) is 4.88 Å². The third kappa shape index (κ3) is 4.08. The molecule has 0 atom stereocenters. The number of carboxylic acids is 1. The molecule has 9 heteroatoms. The lowest BCUT2D eigenvalue weighted by Gasteiger charge is -2.06. The molecule has 3 rings (SSSR count). The number of halogens is 3. The highest BCUT2D eigenvalue weighted by Gasteiger charge is 2.17.